The van der Waals surface area contributed by atoms with Crippen molar-refractivity contribution in [3.8, 4) is 0 Å². The molecule has 2 aromatic rings. The highest BCUT2D eigenvalue weighted by Crippen LogP contribution is 2.51. The van der Waals surface area contributed by atoms with Crippen molar-refractivity contribution >= 4 is 41.3 Å². The monoisotopic (exact) mass is 586 g/mol. The number of rotatable bonds is 9. The minimum atomic E-state index is -1.02. The SMILES string of the molecule is CC(CC(=O)Cn1cnnn1)[C@H]1C(=O)N2C(C(=O)O)C(S[C@@H]3CN[C@H](C(=O)N4CCn5c(cnc5N)C4)C3)[C@H](C)[C@H]12. The molecule has 0 spiro atoms. The van der Waals surface area contributed by atoms with E-state index in [-0.39, 0.29) is 65.0 Å². The fraction of sp³-hybridized carbons (Fsp3) is 0.680. The molecule has 3 fully saturated rings. The van der Waals surface area contributed by atoms with E-state index in [0.717, 1.165) is 5.69 Å². The molecular formula is C25H34N10O5S. The molecule has 0 aliphatic carbocycles. The van der Waals surface area contributed by atoms with Crippen molar-refractivity contribution in [3.63, 3.8) is 0 Å². The summed E-state index contributed by atoms with van der Waals surface area (Å²) < 4.78 is 3.26. The number of aliphatic carboxylic acids is 1. The summed E-state index contributed by atoms with van der Waals surface area (Å²) in [4.78, 5) is 59.0. The van der Waals surface area contributed by atoms with Gasteiger partial charge in [-0.05, 0) is 28.7 Å². The lowest BCUT2D eigenvalue weighted by Gasteiger charge is -2.48. The number of carbonyl (C=O) groups is 4. The van der Waals surface area contributed by atoms with Gasteiger partial charge in [-0.1, -0.05) is 13.8 Å². The number of amides is 2. The third-order valence-electron chi connectivity index (χ3n) is 9.01. The summed E-state index contributed by atoms with van der Waals surface area (Å²) in [6.07, 6.45) is 3.84. The largest absolute Gasteiger partial charge is 0.480 e. The maximum atomic E-state index is 13.3. The van der Waals surface area contributed by atoms with Crippen LogP contribution in [0.25, 0.3) is 0 Å². The van der Waals surface area contributed by atoms with E-state index in [1.807, 2.05) is 23.3 Å². The van der Waals surface area contributed by atoms with Crippen molar-refractivity contribution < 1.29 is 24.3 Å². The predicted octanol–water partition coefficient (Wildman–Crippen LogP) is -1.15. The van der Waals surface area contributed by atoms with E-state index in [1.54, 1.807) is 18.0 Å². The number of hydrogen-bond donors (Lipinski definition) is 3. The Bertz CT molecular complexity index is 1350. The number of hydrogen-bond acceptors (Lipinski definition) is 11. The molecule has 8 atom stereocenters. The van der Waals surface area contributed by atoms with Crippen LogP contribution in [-0.4, -0.2) is 110 Å². The van der Waals surface area contributed by atoms with Crippen LogP contribution >= 0.6 is 11.8 Å². The van der Waals surface area contributed by atoms with Crippen LogP contribution in [0.4, 0.5) is 5.95 Å². The number of carboxylic acid groups (broad SMARTS) is 1. The highest BCUT2D eigenvalue weighted by Gasteiger charge is 2.64. The molecule has 0 aromatic carbocycles. The first kappa shape index (κ1) is 27.6. The number of carbonyl (C=O) groups excluding carboxylic acids is 3. The zero-order chi connectivity index (χ0) is 29.0. The van der Waals surface area contributed by atoms with E-state index < -0.39 is 17.9 Å². The van der Waals surface area contributed by atoms with E-state index in [2.05, 4.69) is 25.8 Å². The van der Waals surface area contributed by atoms with Crippen molar-refractivity contribution in [2.24, 2.45) is 17.8 Å². The number of tetrazole rings is 1. The maximum absolute atomic E-state index is 13.3. The standard InChI is InChI=1S/C25H34N10O5S/c1-12(5-15(36)10-33-11-29-30-31-33)18-19-13(2)21(20(24(39)40)35(19)23(18)38)41-16-6-17(27-8-16)22(37)32-3-4-34-14(9-32)7-28-25(34)26/h7,11-13,16-21,27H,3-6,8-10H2,1-2H3,(H2,26,28)(H,39,40)/t12?,13-,16+,17+,18-,19-,20?,21?/m1/s1. The number of β-lactam (4-membered cyclic amide) rings is 1. The molecule has 4 N–H and O–H groups in total. The Kier molecular flexibility index (Phi) is 7.21. The number of fused-ring (bicyclic) bond motifs is 2. The molecule has 3 saturated heterocycles. The van der Waals surface area contributed by atoms with Crippen LogP contribution in [0.2, 0.25) is 0 Å². The molecule has 220 valence electrons. The van der Waals surface area contributed by atoms with Crippen LogP contribution in [0.3, 0.4) is 0 Å². The van der Waals surface area contributed by atoms with Crippen LogP contribution in [0, 0.1) is 17.8 Å². The molecule has 0 saturated carbocycles. The number of anilines is 1. The first-order chi connectivity index (χ1) is 19.6. The van der Waals surface area contributed by atoms with Crippen molar-refractivity contribution in [2.45, 2.75) is 74.9 Å². The van der Waals surface area contributed by atoms with Crippen LogP contribution < -0.4 is 11.1 Å². The van der Waals surface area contributed by atoms with Crippen LogP contribution in [-0.2, 0) is 38.8 Å². The molecule has 2 aromatic heterocycles. The van der Waals surface area contributed by atoms with Gasteiger partial charge in [0.1, 0.15) is 18.9 Å². The summed E-state index contributed by atoms with van der Waals surface area (Å²) in [7, 11) is 0. The van der Waals surface area contributed by atoms with E-state index >= 15 is 0 Å². The Morgan fingerprint density at radius 3 is 2.83 bits per heavy atom. The van der Waals surface area contributed by atoms with Gasteiger partial charge in [0.05, 0.1) is 30.4 Å². The number of ketones is 1. The van der Waals surface area contributed by atoms with Crippen molar-refractivity contribution in [3.05, 3.63) is 18.2 Å². The van der Waals surface area contributed by atoms with Crippen LogP contribution in [0.15, 0.2) is 12.5 Å². The van der Waals surface area contributed by atoms with Gasteiger partial charge in [-0.3, -0.25) is 14.4 Å². The number of nitrogens with one attached hydrogen (secondary N) is 1. The predicted molar refractivity (Wildman–Crippen MR) is 145 cm³/mol. The number of nitrogens with two attached hydrogens (primary N) is 1. The Morgan fingerprint density at radius 1 is 1.29 bits per heavy atom. The highest BCUT2D eigenvalue weighted by atomic mass is 32.2. The van der Waals surface area contributed by atoms with Crippen LogP contribution in [0.1, 0.15) is 32.4 Å². The highest BCUT2D eigenvalue weighted by molar-refractivity contribution is 8.00. The second-order valence-electron chi connectivity index (χ2n) is 11.6. The lowest BCUT2D eigenvalue weighted by molar-refractivity contribution is -0.168. The van der Waals surface area contributed by atoms with Gasteiger partial charge in [0, 0.05) is 42.6 Å². The van der Waals surface area contributed by atoms with E-state index in [9.17, 15) is 24.3 Å². The summed E-state index contributed by atoms with van der Waals surface area (Å²) in [5, 5.41) is 24.0. The first-order valence-electron chi connectivity index (χ1n) is 13.9. The minimum Gasteiger partial charge on any atom is -0.480 e. The van der Waals surface area contributed by atoms with E-state index in [1.165, 1.54) is 15.9 Å². The normalized spacial score (nSPS) is 31.5. The van der Waals surface area contributed by atoms with Crippen molar-refractivity contribution in [2.75, 3.05) is 18.8 Å². The van der Waals surface area contributed by atoms with E-state index in [4.69, 9.17) is 5.73 Å². The first-order valence-corrected chi connectivity index (χ1v) is 14.8. The Hall–Kier alpha value is -3.53. The summed E-state index contributed by atoms with van der Waals surface area (Å²) >= 11 is 1.57. The van der Waals surface area contributed by atoms with E-state index in [0.29, 0.717) is 38.5 Å². The smallest absolute Gasteiger partial charge is 0.327 e. The molecule has 4 aliphatic rings. The number of nitrogens with zero attached hydrogens (tertiary/aromatic N) is 8. The van der Waals surface area contributed by atoms with Gasteiger partial charge in [-0.15, -0.1) is 5.10 Å². The third-order valence-corrected chi connectivity index (χ3v) is 10.8. The van der Waals surface area contributed by atoms with Gasteiger partial charge < -0.3 is 30.5 Å². The zero-order valence-electron chi connectivity index (χ0n) is 22.9. The Labute approximate surface area is 240 Å². The van der Waals surface area contributed by atoms with Gasteiger partial charge in [-0.25, -0.2) is 14.5 Å². The molecule has 0 bridgehead atoms. The summed E-state index contributed by atoms with van der Waals surface area (Å²) in [5.74, 6) is -1.56. The van der Waals surface area contributed by atoms with Gasteiger partial charge in [-0.2, -0.15) is 11.8 Å². The number of Topliss-reactive ketones (excluding diaryl/α,β-unsaturated/α-hetero) is 1. The number of nitrogen functional groups attached to an aromatic ring is 1. The quantitative estimate of drug-likeness (QED) is 0.299. The maximum Gasteiger partial charge on any atom is 0.327 e. The minimum absolute atomic E-state index is 0.0209. The Balaban J connectivity index is 1.08. The van der Waals surface area contributed by atoms with Crippen molar-refractivity contribution in [1.82, 2.24) is 44.9 Å². The molecular weight excluding hydrogens is 552 g/mol. The molecule has 3 unspecified atom stereocenters. The molecule has 0 radical (unpaired) electrons. The zero-order valence-corrected chi connectivity index (χ0v) is 23.7. The third kappa shape index (κ3) is 4.86. The summed E-state index contributed by atoms with van der Waals surface area (Å²) in [6.45, 7) is 6.10. The molecule has 16 heteroatoms. The summed E-state index contributed by atoms with van der Waals surface area (Å²) in [5.41, 5.74) is 6.80. The van der Waals surface area contributed by atoms with Gasteiger partial charge in [0.15, 0.2) is 11.7 Å². The van der Waals surface area contributed by atoms with Gasteiger partial charge in [0.25, 0.3) is 0 Å². The lowest BCUT2D eigenvalue weighted by atomic mass is 9.73. The molecule has 6 rings (SSSR count). The molecule has 15 nitrogen and oxygen atoms in total. The molecule has 6 heterocycles. The number of aromatic nitrogens is 6. The topological polar surface area (TPSA) is 194 Å². The van der Waals surface area contributed by atoms with Gasteiger partial charge in [0.2, 0.25) is 11.8 Å². The number of imidazole rings is 1. The fourth-order valence-corrected chi connectivity index (χ4v) is 8.80. The van der Waals surface area contributed by atoms with Crippen molar-refractivity contribution in [1.29, 1.82) is 0 Å². The number of carboxylic acids is 1. The molecule has 4 aliphatic heterocycles. The Morgan fingerprint density at radius 2 is 2.10 bits per heavy atom. The fourth-order valence-electron chi connectivity index (χ4n) is 7.05. The molecule has 41 heavy (non-hydrogen) atoms. The average molecular weight is 587 g/mol. The van der Waals surface area contributed by atoms with Crippen LogP contribution in [0.5, 0.6) is 0 Å². The number of thioether (sulfide) groups is 1. The second kappa shape index (κ2) is 10.7. The summed E-state index contributed by atoms with van der Waals surface area (Å²) in [6, 6.07) is -1.53. The lowest BCUT2D eigenvalue weighted by Crippen LogP contribution is -2.64. The second-order valence-corrected chi connectivity index (χ2v) is 13.1. The molecule has 2 amide bonds. The van der Waals surface area contributed by atoms with Gasteiger partial charge >= 0.3 is 5.97 Å². The average Bonchev–Trinajstić information content (AvgIpc) is 3.72.